The van der Waals surface area contributed by atoms with Crippen LogP contribution in [0.15, 0.2) is 30.9 Å². The molecule has 82 valence electrons. The normalized spacial score (nSPS) is 9.73. The zero-order chi connectivity index (χ0) is 11.1. The molecule has 0 atom stereocenters. The van der Waals surface area contributed by atoms with Gasteiger partial charge in [0.15, 0.2) is 11.5 Å². The SMILES string of the molecule is C=CC[NH2+]Cc1ccc(OC)c(OC)c1. The highest BCUT2D eigenvalue weighted by Gasteiger charge is 2.04. The van der Waals surface area contributed by atoms with Gasteiger partial charge in [-0.25, -0.2) is 0 Å². The Kier molecular flexibility index (Phi) is 4.71. The van der Waals surface area contributed by atoms with Crippen molar-refractivity contribution in [2.24, 2.45) is 0 Å². The first-order valence-corrected chi connectivity index (χ1v) is 4.95. The lowest BCUT2D eigenvalue weighted by atomic mass is 10.2. The molecule has 0 saturated heterocycles. The van der Waals surface area contributed by atoms with Crippen molar-refractivity contribution in [2.45, 2.75) is 6.54 Å². The topological polar surface area (TPSA) is 35.1 Å². The average Bonchev–Trinajstić information content (AvgIpc) is 2.29. The van der Waals surface area contributed by atoms with Gasteiger partial charge in [0.05, 0.1) is 20.8 Å². The Hall–Kier alpha value is -1.48. The Morgan fingerprint density at radius 3 is 2.60 bits per heavy atom. The predicted octanol–water partition coefficient (Wildman–Crippen LogP) is 0.953. The molecule has 3 heteroatoms. The van der Waals surface area contributed by atoms with E-state index in [0.717, 1.165) is 24.6 Å². The van der Waals surface area contributed by atoms with E-state index in [0.29, 0.717) is 0 Å². The van der Waals surface area contributed by atoms with Crippen LogP contribution in [0.25, 0.3) is 0 Å². The summed E-state index contributed by atoms with van der Waals surface area (Å²) in [5.74, 6) is 1.55. The molecule has 1 rings (SSSR count). The maximum absolute atomic E-state index is 5.22. The molecule has 1 aromatic carbocycles. The Morgan fingerprint density at radius 2 is 2.00 bits per heavy atom. The second kappa shape index (κ2) is 6.09. The molecule has 0 aliphatic heterocycles. The number of hydrogen-bond donors (Lipinski definition) is 1. The van der Waals surface area contributed by atoms with Gasteiger partial charge in [-0.3, -0.25) is 0 Å². The molecule has 0 saturated carbocycles. The number of hydrogen-bond acceptors (Lipinski definition) is 2. The number of benzene rings is 1. The molecule has 0 aliphatic rings. The van der Waals surface area contributed by atoms with E-state index < -0.39 is 0 Å². The van der Waals surface area contributed by atoms with Gasteiger partial charge in [0, 0.05) is 5.56 Å². The lowest BCUT2D eigenvalue weighted by molar-refractivity contribution is -0.662. The number of ether oxygens (including phenoxy) is 2. The van der Waals surface area contributed by atoms with Crippen LogP contribution in [0, 0.1) is 0 Å². The molecule has 0 spiro atoms. The molecular formula is C12H18NO2+. The lowest BCUT2D eigenvalue weighted by Gasteiger charge is -2.08. The summed E-state index contributed by atoms with van der Waals surface area (Å²) in [5, 5.41) is 2.17. The molecule has 15 heavy (non-hydrogen) atoms. The highest BCUT2D eigenvalue weighted by atomic mass is 16.5. The van der Waals surface area contributed by atoms with Gasteiger partial charge in [-0.1, -0.05) is 6.58 Å². The summed E-state index contributed by atoms with van der Waals surface area (Å²) in [6.07, 6.45) is 1.89. The average molecular weight is 208 g/mol. The molecular weight excluding hydrogens is 190 g/mol. The summed E-state index contributed by atoms with van der Waals surface area (Å²) in [5.41, 5.74) is 1.22. The Labute approximate surface area is 90.7 Å². The Morgan fingerprint density at radius 1 is 1.27 bits per heavy atom. The third-order valence-corrected chi connectivity index (χ3v) is 2.16. The van der Waals surface area contributed by atoms with Crippen molar-refractivity contribution in [3.63, 3.8) is 0 Å². The maximum Gasteiger partial charge on any atom is 0.161 e. The molecule has 0 aromatic heterocycles. The van der Waals surface area contributed by atoms with Crippen LogP contribution in [-0.4, -0.2) is 20.8 Å². The quantitative estimate of drug-likeness (QED) is 0.558. The van der Waals surface area contributed by atoms with Gasteiger partial charge in [-0.05, 0) is 24.3 Å². The minimum absolute atomic E-state index is 0.768. The minimum atomic E-state index is 0.768. The predicted molar refractivity (Wildman–Crippen MR) is 60.2 cm³/mol. The van der Waals surface area contributed by atoms with Crippen molar-refractivity contribution in [3.8, 4) is 11.5 Å². The van der Waals surface area contributed by atoms with Crippen molar-refractivity contribution in [2.75, 3.05) is 20.8 Å². The Balaban J connectivity index is 2.69. The summed E-state index contributed by atoms with van der Waals surface area (Å²) in [6.45, 7) is 5.52. The van der Waals surface area contributed by atoms with Crippen LogP contribution in [0.3, 0.4) is 0 Å². The summed E-state index contributed by atoms with van der Waals surface area (Å²) in [6, 6.07) is 5.97. The molecule has 0 bridgehead atoms. The largest absolute Gasteiger partial charge is 0.493 e. The van der Waals surface area contributed by atoms with E-state index in [-0.39, 0.29) is 0 Å². The zero-order valence-corrected chi connectivity index (χ0v) is 9.32. The molecule has 1 aromatic rings. The fourth-order valence-corrected chi connectivity index (χ4v) is 1.38. The van der Waals surface area contributed by atoms with Crippen molar-refractivity contribution >= 4 is 0 Å². The first-order valence-electron chi connectivity index (χ1n) is 4.95. The number of quaternary nitrogens is 1. The second-order valence-electron chi connectivity index (χ2n) is 3.21. The van der Waals surface area contributed by atoms with Crippen LogP contribution in [0.5, 0.6) is 11.5 Å². The van der Waals surface area contributed by atoms with Gasteiger partial charge in [-0.15, -0.1) is 0 Å². The Bertz CT molecular complexity index is 323. The van der Waals surface area contributed by atoms with Crippen molar-refractivity contribution in [1.29, 1.82) is 0 Å². The van der Waals surface area contributed by atoms with Gasteiger partial charge in [0.2, 0.25) is 0 Å². The van der Waals surface area contributed by atoms with Crippen LogP contribution >= 0.6 is 0 Å². The summed E-state index contributed by atoms with van der Waals surface area (Å²) in [4.78, 5) is 0. The third-order valence-electron chi connectivity index (χ3n) is 2.16. The van der Waals surface area contributed by atoms with Gasteiger partial charge < -0.3 is 14.8 Å². The molecule has 0 amide bonds. The molecule has 2 N–H and O–H groups in total. The van der Waals surface area contributed by atoms with Crippen LogP contribution in [0.1, 0.15) is 5.56 Å². The van der Waals surface area contributed by atoms with Crippen molar-refractivity contribution in [1.82, 2.24) is 0 Å². The summed E-state index contributed by atoms with van der Waals surface area (Å²) < 4.78 is 10.4. The zero-order valence-electron chi connectivity index (χ0n) is 9.32. The number of rotatable bonds is 6. The third kappa shape index (κ3) is 3.29. The van der Waals surface area contributed by atoms with Crippen LogP contribution < -0.4 is 14.8 Å². The summed E-state index contributed by atoms with van der Waals surface area (Å²) in [7, 11) is 3.29. The first kappa shape index (κ1) is 11.6. The van der Waals surface area contributed by atoms with E-state index in [2.05, 4.69) is 11.9 Å². The highest BCUT2D eigenvalue weighted by molar-refractivity contribution is 5.42. The van der Waals surface area contributed by atoms with Gasteiger partial charge in [-0.2, -0.15) is 0 Å². The van der Waals surface area contributed by atoms with E-state index in [1.807, 2.05) is 24.3 Å². The standard InChI is InChI=1S/C12H17NO2/c1-4-7-13-9-10-5-6-11(14-2)12(8-10)15-3/h4-6,8,13H,1,7,9H2,2-3H3/p+1. The van der Waals surface area contributed by atoms with Gasteiger partial charge in [0.25, 0.3) is 0 Å². The number of nitrogens with two attached hydrogens (primary N) is 1. The van der Waals surface area contributed by atoms with Crippen molar-refractivity contribution in [3.05, 3.63) is 36.4 Å². The highest BCUT2D eigenvalue weighted by Crippen LogP contribution is 2.27. The smallest absolute Gasteiger partial charge is 0.161 e. The fourth-order valence-electron chi connectivity index (χ4n) is 1.38. The van der Waals surface area contributed by atoms with E-state index >= 15 is 0 Å². The van der Waals surface area contributed by atoms with Crippen LogP contribution in [-0.2, 0) is 6.54 Å². The van der Waals surface area contributed by atoms with Crippen LogP contribution in [0.4, 0.5) is 0 Å². The number of methoxy groups -OCH3 is 2. The van der Waals surface area contributed by atoms with E-state index in [1.165, 1.54) is 5.56 Å². The fraction of sp³-hybridized carbons (Fsp3) is 0.333. The molecule has 0 heterocycles. The molecule has 0 radical (unpaired) electrons. The molecule has 0 unspecified atom stereocenters. The van der Waals surface area contributed by atoms with E-state index in [4.69, 9.17) is 9.47 Å². The van der Waals surface area contributed by atoms with E-state index in [9.17, 15) is 0 Å². The maximum atomic E-state index is 5.22. The lowest BCUT2D eigenvalue weighted by Crippen LogP contribution is -2.82. The molecule has 0 fully saturated rings. The van der Waals surface area contributed by atoms with Gasteiger partial charge >= 0.3 is 0 Å². The summed E-state index contributed by atoms with van der Waals surface area (Å²) >= 11 is 0. The molecule has 3 nitrogen and oxygen atoms in total. The second-order valence-corrected chi connectivity index (χ2v) is 3.21. The minimum Gasteiger partial charge on any atom is -0.493 e. The first-order chi connectivity index (χ1) is 7.31. The monoisotopic (exact) mass is 208 g/mol. The van der Waals surface area contributed by atoms with Gasteiger partial charge in [0.1, 0.15) is 6.54 Å². The molecule has 0 aliphatic carbocycles. The van der Waals surface area contributed by atoms with Crippen molar-refractivity contribution < 1.29 is 14.8 Å². The van der Waals surface area contributed by atoms with Crippen LogP contribution in [0.2, 0.25) is 0 Å². The van der Waals surface area contributed by atoms with E-state index in [1.54, 1.807) is 14.2 Å².